The Hall–Kier alpha value is -1.61. The minimum Gasteiger partial charge on any atom is -0.359 e. The fourth-order valence-electron chi connectivity index (χ4n) is 1.57. The molecule has 0 saturated heterocycles. The third kappa shape index (κ3) is 5.26. The molecule has 1 rings (SSSR count). The van der Waals surface area contributed by atoms with Crippen LogP contribution < -0.4 is 11.3 Å². The molecule has 0 atom stereocenters. The first-order chi connectivity index (χ1) is 8.85. The molecule has 0 aromatic carbocycles. The lowest BCUT2D eigenvalue weighted by Gasteiger charge is -2.21. The van der Waals surface area contributed by atoms with E-state index in [2.05, 4.69) is 5.16 Å². The smallest absolute Gasteiger partial charge is 0.359 e. The van der Waals surface area contributed by atoms with Crippen LogP contribution in [-0.2, 0) is 6.54 Å². The zero-order chi connectivity index (χ0) is 14.5. The van der Waals surface area contributed by atoms with Gasteiger partial charge in [-0.05, 0) is 13.0 Å². The summed E-state index contributed by atoms with van der Waals surface area (Å²) in [4.78, 5) is 12.3. The first-order valence-electron chi connectivity index (χ1n) is 5.61. The maximum Gasteiger partial charge on any atom is 0.401 e. The number of rotatable bonds is 6. The molecule has 0 bridgehead atoms. The summed E-state index contributed by atoms with van der Waals surface area (Å²) in [6, 6.07) is 1.27. The molecule has 1 heterocycles. The van der Waals surface area contributed by atoms with Gasteiger partial charge in [-0.1, -0.05) is 12.1 Å². The Balaban J connectivity index is 2.68. The predicted molar refractivity (Wildman–Crippen MR) is 59.8 cm³/mol. The number of hydrogen-bond acceptors (Lipinski definition) is 5. The zero-order valence-electron chi connectivity index (χ0n) is 10.3. The van der Waals surface area contributed by atoms with Gasteiger partial charge in [0.1, 0.15) is 0 Å². The number of nitrogens with zero attached hydrogens (tertiary/aromatic N) is 2. The first-order valence-corrected chi connectivity index (χ1v) is 5.61. The summed E-state index contributed by atoms with van der Waals surface area (Å²) < 4.78 is 41.9. The van der Waals surface area contributed by atoms with E-state index in [1.165, 1.54) is 11.0 Å². The van der Waals surface area contributed by atoms with Crippen LogP contribution in [0.15, 0.2) is 10.6 Å². The van der Waals surface area contributed by atoms with Crippen molar-refractivity contribution < 1.29 is 22.5 Å². The highest BCUT2D eigenvalue weighted by Gasteiger charge is 2.30. The highest BCUT2D eigenvalue weighted by atomic mass is 19.4. The molecular formula is C10H15F3N4O2. The lowest BCUT2D eigenvalue weighted by molar-refractivity contribution is -0.147. The Morgan fingerprint density at radius 3 is 2.79 bits per heavy atom. The monoisotopic (exact) mass is 280 g/mol. The highest BCUT2D eigenvalue weighted by Crippen LogP contribution is 2.18. The molecule has 6 nitrogen and oxygen atoms in total. The summed E-state index contributed by atoms with van der Waals surface area (Å²) in [5.74, 6) is 4.42. The number of carbonyl (C=O) groups is 1. The van der Waals surface area contributed by atoms with Crippen LogP contribution in [0.4, 0.5) is 13.2 Å². The average Bonchev–Trinajstić information content (AvgIpc) is 2.74. The highest BCUT2D eigenvalue weighted by molar-refractivity contribution is 5.91. The lowest BCUT2D eigenvalue weighted by Crippen LogP contribution is -2.34. The minimum absolute atomic E-state index is 0.0686. The quantitative estimate of drug-likeness (QED) is 0.462. The maximum atomic E-state index is 12.4. The van der Waals surface area contributed by atoms with Gasteiger partial charge in [-0.15, -0.1) is 0 Å². The number of nitrogen functional groups attached to an aromatic ring is 1. The number of alkyl halides is 3. The normalized spacial score (nSPS) is 11.9. The Morgan fingerprint density at radius 2 is 2.26 bits per heavy atom. The second-order valence-corrected chi connectivity index (χ2v) is 3.98. The molecule has 9 heteroatoms. The standard InChI is InChI=1S/C10H15F3N4O2/c1-2-3-17(6-10(11,12)13)5-7-4-8(16-19-7)9(18)15-14/h4H,2-3,5-6,14H2,1H3,(H,15,18). The zero-order valence-corrected chi connectivity index (χ0v) is 10.3. The molecule has 1 aromatic heterocycles. The van der Waals surface area contributed by atoms with Gasteiger partial charge in [0.15, 0.2) is 11.5 Å². The predicted octanol–water partition coefficient (Wildman–Crippen LogP) is 1.05. The third-order valence-corrected chi connectivity index (χ3v) is 2.24. The summed E-state index contributed by atoms with van der Waals surface area (Å²) in [5, 5.41) is 3.42. The number of amides is 1. The average molecular weight is 280 g/mol. The van der Waals surface area contributed by atoms with Crippen LogP contribution in [0.2, 0.25) is 0 Å². The molecule has 0 saturated carbocycles. The van der Waals surface area contributed by atoms with Gasteiger partial charge in [-0.25, -0.2) is 5.84 Å². The third-order valence-electron chi connectivity index (χ3n) is 2.24. The van der Waals surface area contributed by atoms with E-state index in [1.54, 1.807) is 6.92 Å². The van der Waals surface area contributed by atoms with Crippen LogP contribution in [0.1, 0.15) is 29.6 Å². The SMILES string of the molecule is CCCN(Cc1cc(C(=O)NN)no1)CC(F)(F)F. The van der Waals surface area contributed by atoms with Crippen molar-refractivity contribution in [2.24, 2.45) is 5.84 Å². The van der Waals surface area contributed by atoms with Gasteiger partial charge in [-0.3, -0.25) is 15.1 Å². The van der Waals surface area contributed by atoms with E-state index in [1.807, 2.05) is 5.43 Å². The van der Waals surface area contributed by atoms with Crippen molar-refractivity contribution in [1.29, 1.82) is 0 Å². The molecule has 0 unspecified atom stereocenters. The van der Waals surface area contributed by atoms with Gasteiger partial charge in [-0.2, -0.15) is 13.2 Å². The number of hydrogen-bond donors (Lipinski definition) is 2. The van der Waals surface area contributed by atoms with Crippen molar-refractivity contribution in [1.82, 2.24) is 15.5 Å². The number of nitrogens with two attached hydrogens (primary N) is 1. The summed E-state index contributed by atoms with van der Waals surface area (Å²) in [7, 11) is 0. The van der Waals surface area contributed by atoms with Crippen LogP contribution in [0.3, 0.4) is 0 Å². The molecule has 0 aliphatic carbocycles. The molecule has 108 valence electrons. The van der Waals surface area contributed by atoms with Gasteiger partial charge in [0, 0.05) is 6.07 Å². The largest absolute Gasteiger partial charge is 0.401 e. The molecule has 3 N–H and O–H groups in total. The summed E-state index contributed by atoms with van der Waals surface area (Å²) in [6.07, 6.45) is -3.72. The summed E-state index contributed by atoms with van der Waals surface area (Å²) in [5.41, 5.74) is 1.79. The molecule has 0 spiro atoms. The fourth-order valence-corrected chi connectivity index (χ4v) is 1.57. The van der Waals surface area contributed by atoms with Gasteiger partial charge >= 0.3 is 6.18 Å². The Labute approximate surface area is 107 Å². The Kier molecular flexibility index (Phi) is 5.31. The molecule has 0 aliphatic heterocycles. The Morgan fingerprint density at radius 1 is 1.58 bits per heavy atom. The van der Waals surface area contributed by atoms with Crippen LogP contribution >= 0.6 is 0 Å². The van der Waals surface area contributed by atoms with Crippen molar-refractivity contribution in [2.45, 2.75) is 26.1 Å². The van der Waals surface area contributed by atoms with Crippen LogP contribution in [0, 0.1) is 0 Å². The molecule has 1 aromatic rings. The van der Waals surface area contributed by atoms with E-state index in [0.717, 1.165) is 0 Å². The van der Waals surface area contributed by atoms with Crippen molar-refractivity contribution in [3.8, 4) is 0 Å². The Bertz CT molecular complexity index is 419. The molecule has 0 aliphatic rings. The van der Waals surface area contributed by atoms with Gasteiger partial charge < -0.3 is 4.52 Å². The van der Waals surface area contributed by atoms with Crippen LogP contribution in [-0.4, -0.2) is 35.2 Å². The number of halogens is 3. The second-order valence-electron chi connectivity index (χ2n) is 3.98. The summed E-state index contributed by atoms with van der Waals surface area (Å²) in [6.45, 7) is 0.924. The van der Waals surface area contributed by atoms with E-state index in [0.29, 0.717) is 6.42 Å². The van der Waals surface area contributed by atoms with E-state index >= 15 is 0 Å². The number of carbonyl (C=O) groups excluding carboxylic acids is 1. The van der Waals surface area contributed by atoms with E-state index < -0.39 is 18.6 Å². The van der Waals surface area contributed by atoms with Crippen molar-refractivity contribution in [3.05, 3.63) is 17.5 Å². The number of aromatic nitrogens is 1. The first kappa shape index (κ1) is 15.4. The topological polar surface area (TPSA) is 84.4 Å². The van der Waals surface area contributed by atoms with Crippen LogP contribution in [0.5, 0.6) is 0 Å². The molecular weight excluding hydrogens is 265 g/mol. The van der Waals surface area contributed by atoms with Crippen LogP contribution in [0.25, 0.3) is 0 Å². The van der Waals surface area contributed by atoms with Crippen molar-refractivity contribution in [3.63, 3.8) is 0 Å². The van der Waals surface area contributed by atoms with Crippen molar-refractivity contribution >= 4 is 5.91 Å². The molecule has 0 fully saturated rings. The second kappa shape index (κ2) is 6.53. The number of nitrogens with one attached hydrogen (secondary N) is 1. The summed E-state index contributed by atoms with van der Waals surface area (Å²) >= 11 is 0. The van der Waals surface area contributed by atoms with Gasteiger partial charge in [0.05, 0.1) is 13.1 Å². The number of hydrazine groups is 1. The van der Waals surface area contributed by atoms with Crippen molar-refractivity contribution in [2.75, 3.05) is 13.1 Å². The fraction of sp³-hybridized carbons (Fsp3) is 0.600. The minimum atomic E-state index is -4.29. The van der Waals surface area contributed by atoms with E-state index in [4.69, 9.17) is 10.4 Å². The van der Waals surface area contributed by atoms with Gasteiger partial charge in [0.25, 0.3) is 5.91 Å². The van der Waals surface area contributed by atoms with E-state index in [-0.39, 0.29) is 24.5 Å². The van der Waals surface area contributed by atoms with Gasteiger partial charge in [0.2, 0.25) is 0 Å². The molecule has 1 amide bonds. The lowest BCUT2D eigenvalue weighted by atomic mass is 10.3. The molecule has 19 heavy (non-hydrogen) atoms. The molecule has 0 radical (unpaired) electrons. The maximum absolute atomic E-state index is 12.4. The van der Waals surface area contributed by atoms with E-state index in [9.17, 15) is 18.0 Å².